The van der Waals surface area contributed by atoms with Crippen molar-refractivity contribution in [1.82, 2.24) is 10.0 Å². The van der Waals surface area contributed by atoms with E-state index >= 15 is 0 Å². The summed E-state index contributed by atoms with van der Waals surface area (Å²) in [5, 5.41) is 2.98. The Morgan fingerprint density at radius 3 is 2.50 bits per heavy atom. The summed E-state index contributed by atoms with van der Waals surface area (Å²) < 4.78 is 32.4. The van der Waals surface area contributed by atoms with Crippen LogP contribution in [0.5, 0.6) is 5.75 Å². The average molecular weight is 300 g/mol. The highest BCUT2D eigenvalue weighted by Crippen LogP contribution is 2.22. The van der Waals surface area contributed by atoms with Gasteiger partial charge < -0.3 is 10.1 Å². The molecule has 1 rings (SSSR count). The quantitative estimate of drug-likeness (QED) is 0.717. The predicted molar refractivity (Wildman–Crippen MR) is 80.7 cm³/mol. The minimum atomic E-state index is -3.44. The second-order valence-electron chi connectivity index (χ2n) is 4.95. The van der Waals surface area contributed by atoms with E-state index in [1.54, 1.807) is 18.2 Å². The third-order valence-electron chi connectivity index (χ3n) is 2.72. The topological polar surface area (TPSA) is 67.4 Å². The third kappa shape index (κ3) is 5.11. The van der Waals surface area contributed by atoms with Gasteiger partial charge in [0.05, 0.1) is 11.0 Å². The molecule has 0 saturated carbocycles. The summed E-state index contributed by atoms with van der Waals surface area (Å²) in [4.78, 5) is 0.274. The van der Waals surface area contributed by atoms with E-state index in [9.17, 15) is 8.42 Å². The Kier molecular flexibility index (Phi) is 6.45. The lowest BCUT2D eigenvalue weighted by Gasteiger charge is -2.13. The van der Waals surface area contributed by atoms with E-state index in [2.05, 4.69) is 10.0 Å². The van der Waals surface area contributed by atoms with Crippen LogP contribution in [0.1, 0.15) is 25.8 Å². The molecule has 2 N–H and O–H groups in total. The van der Waals surface area contributed by atoms with E-state index in [-0.39, 0.29) is 11.0 Å². The fourth-order valence-corrected chi connectivity index (χ4v) is 2.89. The van der Waals surface area contributed by atoms with Crippen LogP contribution in [-0.4, -0.2) is 34.7 Å². The van der Waals surface area contributed by atoms with Gasteiger partial charge in [-0.2, -0.15) is 0 Å². The Bertz CT molecular complexity index is 527. The number of aryl methyl sites for hydroxylation is 1. The van der Waals surface area contributed by atoms with Crippen molar-refractivity contribution in [2.75, 3.05) is 20.1 Å². The van der Waals surface area contributed by atoms with Crippen molar-refractivity contribution in [3.8, 4) is 5.75 Å². The van der Waals surface area contributed by atoms with Crippen LogP contribution in [0.2, 0.25) is 0 Å². The van der Waals surface area contributed by atoms with E-state index in [1.807, 2.05) is 27.8 Å². The molecule has 114 valence electrons. The fourth-order valence-electron chi connectivity index (χ4n) is 1.73. The number of sulfonamides is 1. The SMILES string of the molecule is CNCCCNS(=O)(=O)c1ccc(OC(C)C)c(C)c1. The molecule has 0 aromatic heterocycles. The van der Waals surface area contributed by atoms with Gasteiger partial charge in [0, 0.05) is 6.54 Å². The van der Waals surface area contributed by atoms with E-state index < -0.39 is 10.0 Å². The number of benzene rings is 1. The van der Waals surface area contributed by atoms with Gasteiger partial charge in [-0.05, 0) is 64.5 Å². The second-order valence-corrected chi connectivity index (χ2v) is 6.72. The zero-order chi connectivity index (χ0) is 15.2. The summed E-state index contributed by atoms with van der Waals surface area (Å²) in [6, 6.07) is 4.92. The lowest BCUT2D eigenvalue weighted by atomic mass is 10.2. The van der Waals surface area contributed by atoms with Crippen molar-refractivity contribution in [2.24, 2.45) is 0 Å². The molecular weight excluding hydrogens is 276 g/mol. The maximum atomic E-state index is 12.1. The number of hydrogen-bond donors (Lipinski definition) is 2. The molecule has 20 heavy (non-hydrogen) atoms. The molecule has 0 radical (unpaired) electrons. The molecule has 5 nitrogen and oxygen atoms in total. The van der Waals surface area contributed by atoms with Crippen LogP contribution in [0.4, 0.5) is 0 Å². The Balaban J connectivity index is 2.78. The molecule has 0 aliphatic heterocycles. The standard InChI is InChI=1S/C14H24N2O3S/c1-11(2)19-14-7-6-13(10-12(14)3)20(17,18)16-9-5-8-15-4/h6-7,10-11,15-16H,5,8-9H2,1-4H3. The predicted octanol–water partition coefficient (Wildman–Crippen LogP) is 1.67. The first-order chi connectivity index (χ1) is 9.36. The molecule has 0 amide bonds. The van der Waals surface area contributed by atoms with Crippen LogP contribution < -0.4 is 14.8 Å². The summed E-state index contributed by atoms with van der Waals surface area (Å²) in [7, 11) is -1.60. The highest BCUT2D eigenvalue weighted by Gasteiger charge is 2.15. The number of ether oxygens (including phenoxy) is 1. The van der Waals surface area contributed by atoms with Gasteiger partial charge in [-0.15, -0.1) is 0 Å². The lowest BCUT2D eigenvalue weighted by molar-refractivity contribution is 0.240. The van der Waals surface area contributed by atoms with Crippen LogP contribution in [0.25, 0.3) is 0 Å². The van der Waals surface area contributed by atoms with E-state index in [0.29, 0.717) is 12.3 Å². The number of nitrogens with one attached hydrogen (secondary N) is 2. The molecule has 6 heteroatoms. The molecule has 0 spiro atoms. The van der Waals surface area contributed by atoms with E-state index in [0.717, 1.165) is 18.5 Å². The van der Waals surface area contributed by atoms with Crippen LogP contribution in [-0.2, 0) is 10.0 Å². The smallest absolute Gasteiger partial charge is 0.240 e. The van der Waals surface area contributed by atoms with Crippen molar-refractivity contribution in [1.29, 1.82) is 0 Å². The molecule has 1 aromatic carbocycles. The van der Waals surface area contributed by atoms with Crippen molar-refractivity contribution in [3.05, 3.63) is 23.8 Å². The first kappa shape index (κ1) is 16.9. The molecule has 0 unspecified atom stereocenters. The number of hydrogen-bond acceptors (Lipinski definition) is 4. The normalized spacial score (nSPS) is 11.8. The highest BCUT2D eigenvalue weighted by atomic mass is 32.2. The Morgan fingerprint density at radius 2 is 1.95 bits per heavy atom. The molecule has 0 bridgehead atoms. The van der Waals surface area contributed by atoms with Crippen LogP contribution >= 0.6 is 0 Å². The van der Waals surface area contributed by atoms with Crippen molar-refractivity contribution >= 4 is 10.0 Å². The molecular formula is C14H24N2O3S. The van der Waals surface area contributed by atoms with Gasteiger partial charge in [-0.25, -0.2) is 13.1 Å². The van der Waals surface area contributed by atoms with Gasteiger partial charge in [0.25, 0.3) is 0 Å². The zero-order valence-corrected chi connectivity index (χ0v) is 13.4. The minimum absolute atomic E-state index is 0.0656. The van der Waals surface area contributed by atoms with Gasteiger partial charge in [0.1, 0.15) is 5.75 Å². The van der Waals surface area contributed by atoms with Gasteiger partial charge in [0.15, 0.2) is 0 Å². The van der Waals surface area contributed by atoms with Gasteiger partial charge >= 0.3 is 0 Å². The van der Waals surface area contributed by atoms with Crippen LogP contribution in [0, 0.1) is 6.92 Å². The summed E-state index contributed by atoms with van der Waals surface area (Å²) in [6.07, 6.45) is 0.819. The molecule has 0 saturated heterocycles. The highest BCUT2D eigenvalue weighted by molar-refractivity contribution is 7.89. The Morgan fingerprint density at radius 1 is 1.25 bits per heavy atom. The van der Waals surface area contributed by atoms with E-state index in [4.69, 9.17) is 4.74 Å². The third-order valence-corrected chi connectivity index (χ3v) is 4.17. The zero-order valence-electron chi connectivity index (χ0n) is 12.6. The largest absolute Gasteiger partial charge is 0.491 e. The first-order valence-electron chi connectivity index (χ1n) is 6.78. The van der Waals surface area contributed by atoms with Gasteiger partial charge in [-0.3, -0.25) is 0 Å². The molecule has 0 heterocycles. The average Bonchev–Trinajstić information content (AvgIpc) is 2.36. The molecule has 0 fully saturated rings. The maximum absolute atomic E-state index is 12.1. The fraction of sp³-hybridized carbons (Fsp3) is 0.571. The van der Waals surface area contributed by atoms with Crippen molar-refractivity contribution < 1.29 is 13.2 Å². The first-order valence-corrected chi connectivity index (χ1v) is 8.26. The lowest BCUT2D eigenvalue weighted by Crippen LogP contribution is -2.26. The summed E-state index contributed by atoms with van der Waals surface area (Å²) in [5.41, 5.74) is 0.816. The monoisotopic (exact) mass is 300 g/mol. The van der Waals surface area contributed by atoms with Crippen LogP contribution in [0.15, 0.2) is 23.1 Å². The molecule has 0 atom stereocenters. The summed E-state index contributed by atoms with van der Waals surface area (Å²) >= 11 is 0. The molecule has 0 aliphatic rings. The van der Waals surface area contributed by atoms with Crippen molar-refractivity contribution in [3.63, 3.8) is 0 Å². The second kappa shape index (κ2) is 7.61. The molecule has 1 aromatic rings. The van der Waals surface area contributed by atoms with Gasteiger partial charge in [-0.1, -0.05) is 0 Å². The minimum Gasteiger partial charge on any atom is -0.491 e. The maximum Gasteiger partial charge on any atom is 0.240 e. The van der Waals surface area contributed by atoms with Gasteiger partial charge in [0.2, 0.25) is 10.0 Å². The van der Waals surface area contributed by atoms with E-state index in [1.165, 1.54) is 0 Å². The Hall–Kier alpha value is -1.11. The summed E-state index contributed by atoms with van der Waals surface area (Å²) in [5.74, 6) is 0.717. The number of rotatable bonds is 8. The van der Waals surface area contributed by atoms with Crippen molar-refractivity contribution in [2.45, 2.75) is 38.2 Å². The Labute approximate surface area is 121 Å². The molecule has 0 aliphatic carbocycles. The van der Waals surface area contributed by atoms with Crippen LogP contribution in [0.3, 0.4) is 0 Å². The summed E-state index contributed by atoms with van der Waals surface area (Å²) in [6.45, 7) is 6.92.